The minimum atomic E-state index is 0.216. The zero-order valence-corrected chi connectivity index (χ0v) is 10.9. The van der Waals surface area contributed by atoms with Crippen molar-refractivity contribution >= 4 is 0 Å². The van der Waals surface area contributed by atoms with Crippen LogP contribution < -0.4 is 5.32 Å². The van der Waals surface area contributed by atoms with Crippen molar-refractivity contribution in [2.75, 3.05) is 6.54 Å². The summed E-state index contributed by atoms with van der Waals surface area (Å²) in [6.45, 7) is 9.70. The Morgan fingerprint density at radius 2 is 2.12 bits per heavy atom. The fraction of sp³-hybridized carbons (Fsp3) is 0.769. The molecule has 0 saturated carbocycles. The number of nitrogens with zero attached hydrogens (tertiary/aromatic N) is 1. The third-order valence-corrected chi connectivity index (χ3v) is 2.61. The van der Waals surface area contributed by atoms with Gasteiger partial charge in [-0.1, -0.05) is 20.8 Å². The van der Waals surface area contributed by atoms with Crippen LogP contribution in [0, 0.1) is 5.92 Å². The van der Waals surface area contributed by atoms with Crippen LogP contribution >= 0.6 is 0 Å². The van der Waals surface area contributed by atoms with Gasteiger partial charge in [-0.3, -0.25) is 0 Å². The molecule has 0 fully saturated rings. The molecule has 1 aromatic rings. The zero-order valence-electron chi connectivity index (χ0n) is 10.9. The first-order valence-corrected chi connectivity index (χ1v) is 6.31. The largest absolute Gasteiger partial charge is 0.444 e. The van der Waals surface area contributed by atoms with Crippen LogP contribution in [0.4, 0.5) is 0 Å². The number of oxazole rings is 1. The van der Waals surface area contributed by atoms with E-state index in [4.69, 9.17) is 4.42 Å². The molecule has 0 aromatic carbocycles. The third kappa shape index (κ3) is 4.35. The van der Waals surface area contributed by atoms with Gasteiger partial charge >= 0.3 is 0 Å². The van der Waals surface area contributed by atoms with E-state index in [-0.39, 0.29) is 6.04 Å². The van der Waals surface area contributed by atoms with Crippen molar-refractivity contribution in [1.29, 1.82) is 0 Å². The van der Waals surface area contributed by atoms with Gasteiger partial charge in [0.1, 0.15) is 5.76 Å². The van der Waals surface area contributed by atoms with Crippen LogP contribution in [0.5, 0.6) is 0 Å². The number of rotatable bonds is 7. The smallest absolute Gasteiger partial charge is 0.211 e. The molecular formula is C13H24N2O. The number of aryl methyl sites for hydroxylation is 1. The van der Waals surface area contributed by atoms with Gasteiger partial charge < -0.3 is 9.73 Å². The quantitative estimate of drug-likeness (QED) is 0.772. The van der Waals surface area contributed by atoms with Gasteiger partial charge in [0.25, 0.3) is 0 Å². The number of hydrogen-bond acceptors (Lipinski definition) is 3. The molecule has 3 nitrogen and oxygen atoms in total. The van der Waals surface area contributed by atoms with E-state index in [1.54, 1.807) is 0 Å². The summed E-state index contributed by atoms with van der Waals surface area (Å²) in [7, 11) is 0. The Balaban J connectivity index is 2.43. The van der Waals surface area contributed by atoms with Gasteiger partial charge in [-0.25, -0.2) is 4.98 Å². The third-order valence-electron chi connectivity index (χ3n) is 2.61. The second-order valence-corrected chi connectivity index (χ2v) is 4.77. The summed E-state index contributed by atoms with van der Waals surface area (Å²) >= 11 is 0. The molecule has 1 unspecified atom stereocenters. The molecule has 0 spiro atoms. The van der Waals surface area contributed by atoms with Crippen LogP contribution in [-0.2, 0) is 6.42 Å². The first-order chi connectivity index (χ1) is 7.63. The standard InChI is InChI=1S/C13H24N2O/c1-5-8-14-11(4)13-15-9-12(16-13)7-6-10(2)3/h9-11,14H,5-8H2,1-4H3. The lowest BCUT2D eigenvalue weighted by Crippen LogP contribution is -2.19. The Morgan fingerprint density at radius 1 is 1.38 bits per heavy atom. The Hall–Kier alpha value is -0.830. The molecule has 0 bridgehead atoms. The molecule has 0 aliphatic carbocycles. The van der Waals surface area contributed by atoms with Crippen LogP contribution in [0.2, 0.25) is 0 Å². The molecule has 92 valence electrons. The van der Waals surface area contributed by atoms with Crippen LogP contribution in [0.3, 0.4) is 0 Å². The van der Waals surface area contributed by atoms with Crippen molar-refractivity contribution in [3.05, 3.63) is 17.8 Å². The maximum atomic E-state index is 5.72. The minimum Gasteiger partial charge on any atom is -0.444 e. The summed E-state index contributed by atoms with van der Waals surface area (Å²) in [6.07, 6.45) is 5.14. The molecule has 1 N–H and O–H groups in total. The molecule has 0 aliphatic rings. The highest BCUT2D eigenvalue weighted by molar-refractivity contribution is 4.97. The van der Waals surface area contributed by atoms with Gasteiger partial charge in [0, 0.05) is 6.42 Å². The lowest BCUT2D eigenvalue weighted by Gasteiger charge is -2.08. The Kier molecular flexibility index (Phi) is 5.53. The summed E-state index contributed by atoms with van der Waals surface area (Å²) in [4.78, 5) is 4.32. The SMILES string of the molecule is CCCNC(C)c1ncc(CCC(C)C)o1. The predicted octanol–water partition coefficient (Wildman–Crippen LogP) is 3.32. The summed E-state index contributed by atoms with van der Waals surface area (Å²) in [6, 6.07) is 0.216. The van der Waals surface area contributed by atoms with Crippen molar-refractivity contribution < 1.29 is 4.42 Å². The predicted molar refractivity (Wildman–Crippen MR) is 66.4 cm³/mol. The van der Waals surface area contributed by atoms with Crippen LogP contribution in [0.25, 0.3) is 0 Å². The monoisotopic (exact) mass is 224 g/mol. The van der Waals surface area contributed by atoms with Gasteiger partial charge in [-0.15, -0.1) is 0 Å². The molecule has 1 atom stereocenters. The van der Waals surface area contributed by atoms with Gasteiger partial charge in [-0.2, -0.15) is 0 Å². The first kappa shape index (κ1) is 13.2. The average molecular weight is 224 g/mol. The second-order valence-electron chi connectivity index (χ2n) is 4.77. The molecule has 1 aromatic heterocycles. The molecule has 16 heavy (non-hydrogen) atoms. The molecular weight excluding hydrogens is 200 g/mol. The van der Waals surface area contributed by atoms with E-state index < -0.39 is 0 Å². The van der Waals surface area contributed by atoms with Crippen LogP contribution in [0.15, 0.2) is 10.6 Å². The molecule has 0 aliphatic heterocycles. The molecule has 1 rings (SSSR count). The van der Waals surface area contributed by atoms with Crippen molar-refractivity contribution in [2.45, 2.75) is 53.0 Å². The summed E-state index contributed by atoms with van der Waals surface area (Å²) < 4.78 is 5.72. The number of aromatic nitrogens is 1. The molecule has 0 amide bonds. The molecule has 3 heteroatoms. The maximum absolute atomic E-state index is 5.72. The van der Waals surface area contributed by atoms with Crippen molar-refractivity contribution in [3.8, 4) is 0 Å². The highest BCUT2D eigenvalue weighted by Crippen LogP contribution is 2.15. The number of hydrogen-bond donors (Lipinski definition) is 1. The van der Waals surface area contributed by atoms with E-state index in [0.717, 1.165) is 37.5 Å². The summed E-state index contributed by atoms with van der Waals surface area (Å²) in [5.41, 5.74) is 0. The minimum absolute atomic E-state index is 0.216. The highest BCUT2D eigenvalue weighted by Gasteiger charge is 2.11. The average Bonchev–Trinajstić information content (AvgIpc) is 2.71. The summed E-state index contributed by atoms with van der Waals surface area (Å²) in [5.74, 6) is 2.53. The van der Waals surface area contributed by atoms with Gasteiger partial charge in [-0.05, 0) is 32.2 Å². The van der Waals surface area contributed by atoms with Gasteiger partial charge in [0.15, 0.2) is 0 Å². The summed E-state index contributed by atoms with van der Waals surface area (Å²) in [5, 5.41) is 3.37. The van der Waals surface area contributed by atoms with Crippen molar-refractivity contribution in [3.63, 3.8) is 0 Å². The van der Waals surface area contributed by atoms with E-state index >= 15 is 0 Å². The van der Waals surface area contributed by atoms with E-state index in [9.17, 15) is 0 Å². The fourth-order valence-corrected chi connectivity index (χ4v) is 1.52. The Labute approximate surface area is 98.6 Å². The lowest BCUT2D eigenvalue weighted by molar-refractivity contribution is 0.387. The lowest BCUT2D eigenvalue weighted by atomic mass is 10.1. The van der Waals surface area contributed by atoms with Gasteiger partial charge in [0.2, 0.25) is 5.89 Å². The zero-order chi connectivity index (χ0) is 12.0. The van der Waals surface area contributed by atoms with Gasteiger partial charge in [0.05, 0.1) is 12.2 Å². The molecule has 0 saturated heterocycles. The van der Waals surface area contributed by atoms with Crippen molar-refractivity contribution in [2.24, 2.45) is 5.92 Å². The number of nitrogens with one attached hydrogen (secondary N) is 1. The first-order valence-electron chi connectivity index (χ1n) is 6.31. The molecule has 1 heterocycles. The van der Waals surface area contributed by atoms with Crippen LogP contribution in [-0.4, -0.2) is 11.5 Å². The van der Waals surface area contributed by atoms with E-state index in [2.05, 4.69) is 38.0 Å². The van der Waals surface area contributed by atoms with E-state index in [0.29, 0.717) is 5.92 Å². The molecule has 0 radical (unpaired) electrons. The maximum Gasteiger partial charge on any atom is 0.211 e. The van der Waals surface area contributed by atoms with Crippen LogP contribution in [0.1, 0.15) is 58.2 Å². The second kappa shape index (κ2) is 6.69. The highest BCUT2D eigenvalue weighted by atomic mass is 16.4. The fourth-order valence-electron chi connectivity index (χ4n) is 1.52. The van der Waals surface area contributed by atoms with E-state index in [1.807, 2.05) is 6.20 Å². The Morgan fingerprint density at radius 3 is 2.75 bits per heavy atom. The van der Waals surface area contributed by atoms with Crippen molar-refractivity contribution in [1.82, 2.24) is 10.3 Å². The Bertz CT molecular complexity index is 294. The van der Waals surface area contributed by atoms with E-state index in [1.165, 1.54) is 0 Å². The normalized spacial score (nSPS) is 13.3. The topological polar surface area (TPSA) is 38.1 Å².